The van der Waals surface area contributed by atoms with Crippen molar-refractivity contribution in [1.29, 1.82) is 0 Å². The molecule has 14 atom stereocenters. The zero-order chi connectivity index (χ0) is 32.3. The fourth-order valence-electron chi connectivity index (χ4n) is 11.5. The van der Waals surface area contributed by atoms with Gasteiger partial charge in [-0.3, -0.25) is 0 Å². The normalized spacial score (nSPS) is 44.2. The minimum Gasteiger partial charge on any atom is -0.103 e. The molecular weight excluding hydrogens is 540 g/mol. The fourth-order valence-corrected chi connectivity index (χ4v) is 11.5. The van der Waals surface area contributed by atoms with Gasteiger partial charge in [0, 0.05) is 0 Å². The van der Waals surface area contributed by atoms with Gasteiger partial charge in [-0.1, -0.05) is 104 Å². The quantitative estimate of drug-likeness (QED) is 0.260. The molecule has 6 bridgehead atoms. The lowest BCUT2D eigenvalue weighted by Gasteiger charge is -2.27. The van der Waals surface area contributed by atoms with Gasteiger partial charge in [0.2, 0.25) is 0 Å². The van der Waals surface area contributed by atoms with Gasteiger partial charge in [0.15, 0.2) is 0 Å². The second-order valence-corrected chi connectivity index (χ2v) is 17.6. The molecule has 0 heterocycles. The van der Waals surface area contributed by atoms with Crippen molar-refractivity contribution >= 4 is 0 Å². The molecular formula is C45H78. The molecule has 0 amide bonds. The van der Waals surface area contributed by atoms with Crippen molar-refractivity contribution in [3.05, 3.63) is 37.5 Å². The van der Waals surface area contributed by atoms with Crippen molar-refractivity contribution in [3.8, 4) is 0 Å². The van der Waals surface area contributed by atoms with Crippen molar-refractivity contribution in [3.63, 3.8) is 0 Å². The third kappa shape index (κ3) is 10.4. The van der Waals surface area contributed by atoms with Crippen LogP contribution < -0.4 is 0 Å². The van der Waals surface area contributed by atoms with E-state index >= 15 is 0 Å². The highest BCUT2D eigenvalue weighted by Gasteiger charge is 2.44. The van der Waals surface area contributed by atoms with Gasteiger partial charge in [0.25, 0.3) is 0 Å². The zero-order valence-electron chi connectivity index (χ0n) is 31.2. The second kappa shape index (κ2) is 18.7. The summed E-state index contributed by atoms with van der Waals surface area (Å²) >= 11 is 0. The summed E-state index contributed by atoms with van der Waals surface area (Å²) in [5, 5.41) is 0. The van der Waals surface area contributed by atoms with E-state index in [1.165, 1.54) is 96.3 Å². The van der Waals surface area contributed by atoms with E-state index in [4.69, 9.17) is 0 Å². The number of fused-ring (bicyclic) bond motifs is 6. The minimum absolute atomic E-state index is 0.771. The maximum absolute atomic E-state index is 3.78. The first-order valence-electron chi connectivity index (χ1n) is 20.7. The first-order chi connectivity index (χ1) is 21.8. The monoisotopic (exact) mass is 619 g/mol. The second-order valence-electron chi connectivity index (χ2n) is 17.6. The Morgan fingerprint density at radius 1 is 0.511 bits per heavy atom. The first-order valence-corrected chi connectivity index (χ1v) is 20.7. The van der Waals surface area contributed by atoms with Crippen molar-refractivity contribution in [2.24, 2.45) is 82.9 Å². The Hall–Kier alpha value is -0.780. The molecule has 14 unspecified atom stereocenters. The zero-order valence-corrected chi connectivity index (χ0v) is 31.2. The van der Waals surface area contributed by atoms with Crippen LogP contribution in [0.25, 0.3) is 0 Å². The predicted molar refractivity (Wildman–Crippen MR) is 200 cm³/mol. The van der Waals surface area contributed by atoms with Crippen LogP contribution in [0.3, 0.4) is 0 Å². The van der Waals surface area contributed by atoms with Crippen LogP contribution in [0.15, 0.2) is 37.5 Å². The highest BCUT2D eigenvalue weighted by molar-refractivity contribution is 5.06. The fraction of sp³-hybridized carbons (Fsp3) is 0.867. The van der Waals surface area contributed by atoms with Crippen molar-refractivity contribution in [1.82, 2.24) is 0 Å². The van der Waals surface area contributed by atoms with Crippen LogP contribution in [0, 0.1) is 82.9 Å². The molecule has 0 nitrogen and oxygen atoms in total. The molecule has 0 aromatic carbocycles. The van der Waals surface area contributed by atoms with Gasteiger partial charge in [-0.05, 0) is 166 Å². The average molecular weight is 619 g/mol. The van der Waals surface area contributed by atoms with Crippen LogP contribution in [0.2, 0.25) is 0 Å². The van der Waals surface area contributed by atoms with E-state index in [1.807, 2.05) is 0 Å². The molecule has 8 rings (SSSR count). The van der Waals surface area contributed by atoms with E-state index in [0.29, 0.717) is 0 Å². The molecule has 0 aromatic rings. The lowest BCUT2D eigenvalue weighted by molar-refractivity contribution is 0.224. The molecule has 7 saturated carbocycles. The molecule has 0 spiro atoms. The summed E-state index contributed by atoms with van der Waals surface area (Å²) in [5.41, 5.74) is 0. The van der Waals surface area contributed by atoms with Crippen LogP contribution in [0.4, 0.5) is 0 Å². The summed E-state index contributed by atoms with van der Waals surface area (Å²) in [6, 6.07) is 0. The molecule has 8 aliphatic carbocycles. The number of allylic oxidation sites excluding steroid dienone is 4. The maximum atomic E-state index is 3.78. The van der Waals surface area contributed by atoms with E-state index in [0.717, 1.165) is 82.9 Å². The molecule has 45 heavy (non-hydrogen) atoms. The molecule has 0 saturated heterocycles. The van der Waals surface area contributed by atoms with E-state index in [2.05, 4.69) is 79.0 Å². The molecule has 0 radical (unpaired) electrons. The minimum atomic E-state index is 0.771. The first kappa shape index (κ1) is 37.0. The third-order valence-electron chi connectivity index (χ3n) is 15.1. The van der Waals surface area contributed by atoms with Gasteiger partial charge < -0.3 is 0 Å². The molecule has 0 heteroatoms. The maximum Gasteiger partial charge on any atom is -0.0228 e. The van der Waals surface area contributed by atoms with Crippen molar-refractivity contribution in [2.75, 3.05) is 0 Å². The third-order valence-corrected chi connectivity index (χ3v) is 15.1. The van der Waals surface area contributed by atoms with E-state index < -0.39 is 0 Å². The molecule has 0 N–H and O–H groups in total. The van der Waals surface area contributed by atoms with Gasteiger partial charge in [0.05, 0.1) is 0 Å². The van der Waals surface area contributed by atoms with Crippen molar-refractivity contribution in [2.45, 2.75) is 164 Å². The smallest absolute Gasteiger partial charge is 0.0228 e. The standard InChI is InChI=1S/C11H20.C9H16.C9H18.C9H14.C7H10/c1-3-4-11-8(2)9-5-6-10(11)7-9;1-6-7(2)9-4-3-8(6)5-9;2*1-3-8-5-6-9(4-2)7-8;1-2-7-4-3-6(1)5-7/h8-11H,3-7H2,1-2H3;6-9H,3-5H2,1-2H3;8-9H,3-7H2,1-2H3;3-4,8-9H,1-2,5-7H2;1-2,6-7H,3-5H2. The molecule has 8 aliphatic rings. The lowest BCUT2D eigenvalue weighted by atomic mass is 9.78. The van der Waals surface area contributed by atoms with Gasteiger partial charge in [0.1, 0.15) is 0 Å². The van der Waals surface area contributed by atoms with Crippen molar-refractivity contribution < 1.29 is 0 Å². The topological polar surface area (TPSA) is 0 Å². The highest BCUT2D eigenvalue weighted by atomic mass is 14.5. The molecule has 7 fully saturated rings. The summed E-state index contributed by atoms with van der Waals surface area (Å²) in [5.74, 6) is 14.4. The largest absolute Gasteiger partial charge is 0.103 e. The van der Waals surface area contributed by atoms with E-state index in [-0.39, 0.29) is 0 Å². The summed E-state index contributed by atoms with van der Waals surface area (Å²) in [6.45, 7) is 21.9. The number of hydrogen-bond acceptors (Lipinski definition) is 0. The Balaban J connectivity index is 0.000000129. The highest BCUT2D eigenvalue weighted by Crippen LogP contribution is 2.53. The average Bonchev–Trinajstić information content (AvgIpc) is 3.93. The van der Waals surface area contributed by atoms with Gasteiger partial charge in [-0.2, -0.15) is 0 Å². The number of hydrogen-bond donors (Lipinski definition) is 0. The Morgan fingerprint density at radius 2 is 0.978 bits per heavy atom. The lowest BCUT2D eigenvalue weighted by Crippen LogP contribution is -2.19. The van der Waals surface area contributed by atoms with Gasteiger partial charge in [-0.15, -0.1) is 13.2 Å². The van der Waals surface area contributed by atoms with Crippen LogP contribution in [-0.2, 0) is 0 Å². The van der Waals surface area contributed by atoms with Gasteiger partial charge >= 0.3 is 0 Å². The van der Waals surface area contributed by atoms with Crippen LogP contribution >= 0.6 is 0 Å². The predicted octanol–water partition coefficient (Wildman–Crippen LogP) is 14.1. The molecule has 258 valence electrons. The summed E-state index contributed by atoms with van der Waals surface area (Å²) in [7, 11) is 0. The number of rotatable bonds is 6. The molecule has 0 aromatic heterocycles. The molecule has 0 aliphatic heterocycles. The Bertz CT molecular complexity index is 824. The van der Waals surface area contributed by atoms with Crippen LogP contribution in [0.5, 0.6) is 0 Å². The Labute approximate surface area is 283 Å². The van der Waals surface area contributed by atoms with E-state index in [9.17, 15) is 0 Å². The van der Waals surface area contributed by atoms with Gasteiger partial charge in [-0.25, -0.2) is 0 Å². The summed E-state index contributed by atoms with van der Waals surface area (Å²) < 4.78 is 0. The summed E-state index contributed by atoms with van der Waals surface area (Å²) in [6.07, 6.45) is 36.8. The SMILES string of the molecule is C1=CC2CCC1C2.C=CC1CCC(C=C)C1.CC1C2CCC(C2)C1C.CCC1CCC(CC)C1.CCCC1C2CCC(C2)C1C. The van der Waals surface area contributed by atoms with Crippen LogP contribution in [-0.4, -0.2) is 0 Å². The summed E-state index contributed by atoms with van der Waals surface area (Å²) in [4.78, 5) is 0. The Kier molecular flexibility index (Phi) is 15.4. The van der Waals surface area contributed by atoms with E-state index in [1.54, 1.807) is 25.7 Å². The Morgan fingerprint density at radius 3 is 1.24 bits per heavy atom. The van der Waals surface area contributed by atoms with Crippen LogP contribution in [0.1, 0.15) is 164 Å².